The maximum absolute atomic E-state index is 9.91. The zero-order valence-corrected chi connectivity index (χ0v) is 7.20. The second kappa shape index (κ2) is 2.72. The summed E-state index contributed by atoms with van der Waals surface area (Å²) in [5.74, 6) is 0.209. The van der Waals surface area contributed by atoms with E-state index in [9.17, 15) is 10.2 Å². The number of aromatic hydroxyl groups is 1. The van der Waals surface area contributed by atoms with Crippen molar-refractivity contribution in [2.24, 2.45) is 0 Å². The van der Waals surface area contributed by atoms with Gasteiger partial charge in [0.1, 0.15) is 11.4 Å². The highest BCUT2D eigenvalue weighted by Gasteiger charge is 2.35. The molecule has 0 amide bonds. The molecule has 0 heterocycles. The second-order valence-electron chi connectivity index (χ2n) is 3.53. The van der Waals surface area contributed by atoms with Crippen LogP contribution in [0.3, 0.4) is 0 Å². The van der Waals surface area contributed by atoms with Gasteiger partial charge in [0.25, 0.3) is 0 Å². The number of phenols is 1. The number of phenolic OH excluding ortho intramolecular Hbond substituents is 1. The van der Waals surface area contributed by atoms with Crippen LogP contribution in [0.2, 0.25) is 0 Å². The van der Waals surface area contributed by atoms with E-state index in [2.05, 4.69) is 0 Å². The molecule has 1 aliphatic rings. The molecule has 3 nitrogen and oxygen atoms in total. The van der Waals surface area contributed by atoms with Crippen LogP contribution in [0.1, 0.15) is 17.5 Å². The van der Waals surface area contributed by atoms with E-state index in [4.69, 9.17) is 5.11 Å². The first-order valence-electron chi connectivity index (χ1n) is 4.31. The molecule has 0 spiro atoms. The van der Waals surface area contributed by atoms with Gasteiger partial charge in [-0.05, 0) is 36.1 Å². The summed E-state index contributed by atoms with van der Waals surface area (Å²) in [4.78, 5) is 0. The van der Waals surface area contributed by atoms with Crippen LogP contribution >= 0.6 is 0 Å². The van der Waals surface area contributed by atoms with Gasteiger partial charge in [-0.25, -0.2) is 0 Å². The molecule has 13 heavy (non-hydrogen) atoms. The Morgan fingerprint density at radius 3 is 2.85 bits per heavy atom. The minimum Gasteiger partial charge on any atom is -0.508 e. The number of fused-ring (bicyclic) bond motifs is 1. The van der Waals surface area contributed by atoms with Gasteiger partial charge in [-0.3, -0.25) is 0 Å². The summed E-state index contributed by atoms with van der Waals surface area (Å²) in [6, 6.07) is 4.85. The van der Waals surface area contributed by atoms with Crippen LogP contribution in [0.15, 0.2) is 18.2 Å². The van der Waals surface area contributed by atoms with Crippen molar-refractivity contribution in [1.29, 1.82) is 0 Å². The molecule has 0 radical (unpaired) electrons. The minimum absolute atomic E-state index is 0.209. The Morgan fingerprint density at radius 1 is 1.38 bits per heavy atom. The van der Waals surface area contributed by atoms with Crippen molar-refractivity contribution < 1.29 is 15.3 Å². The molecule has 1 aliphatic carbocycles. The quantitative estimate of drug-likeness (QED) is 0.590. The van der Waals surface area contributed by atoms with Gasteiger partial charge >= 0.3 is 0 Å². The van der Waals surface area contributed by atoms with Crippen molar-refractivity contribution >= 4 is 0 Å². The number of aryl methyl sites for hydroxylation is 1. The van der Waals surface area contributed by atoms with Gasteiger partial charge in [0, 0.05) is 0 Å². The summed E-state index contributed by atoms with van der Waals surface area (Å²) in [5, 5.41) is 28.1. The first kappa shape index (κ1) is 8.53. The van der Waals surface area contributed by atoms with Crippen molar-refractivity contribution in [2.75, 3.05) is 6.61 Å². The van der Waals surface area contributed by atoms with E-state index in [-0.39, 0.29) is 12.4 Å². The van der Waals surface area contributed by atoms with Gasteiger partial charge < -0.3 is 15.3 Å². The maximum Gasteiger partial charge on any atom is 0.115 e. The number of benzene rings is 1. The molecule has 0 fully saturated rings. The van der Waals surface area contributed by atoms with Crippen molar-refractivity contribution in [1.82, 2.24) is 0 Å². The largest absolute Gasteiger partial charge is 0.508 e. The Hall–Kier alpha value is -1.06. The molecule has 1 aromatic carbocycles. The number of hydrogen-bond donors (Lipinski definition) is 3. The van der Waals surface area contributed by atoms with E-state index in [0.29, 0.717) is 12.8 Å². The van der Waals surface area contributed by atoms with Gasteiger partial charge in [0.05, 0.1) is 6.61 Å². The monoisotopic (exact) mass is 180 g/mol. The lowest BCUT2D eigenvalue weighted by Crippen LogP contribution is -2.26. The molecule has 0 bridgehead atoms. The summed E-state index contributed by atoms with van der Waals surface area (Å²) >= 11 is 0. The molecule has 0 saturated carbocycles. The fourth-order valence-electron chi connectivity index (χ4n) is 1.88. The molecular formula is C10H12O3. The number of hydrogen-bond acceptors (Lipinski definition) is 3. The van der Waals surface area contributed by atoms with Crippen LogP contribution < -0.4 is 0 Å². The Kier molecular flexibility index (Phi) is 1.78. The van der Waals surface area contributed by atoms with Crippen LogP contribution in [-0.4, -0.2) is 21.9 Å². The van der Waals surface area contributed by atoms with Crippen molar-refractivity contribution in [3.05, 3.63) is 29.3 Å². The Labute approximate surface area is 76.3 Å². The predicted octanol–water partition coefficient (Wildman–Crippen LogP) is 0.518. The molecule has 3 N–H and O–H groups in total. The topological polar surface area (TPSA) is 60.7 Å². The Bertz CT molecular complexity index is 335. The zero-order chi connectivity index (χ0) is 9.47. The Morgan fingerprint density at radius 2 is 2.15 bits per heavy atom. The number of rotatable bonds is 1. The molecule has 1 aromatic rings. The van der Waals surface area contributed by atoms with Gasteiger partial charge in [-0.15, -0.1) is 0 Å². The second-order valence-corrected chi connectivity index (χ2v) is 3.53. The third-order valence-corrected chi connectivity index (χ3v) is 2.66. The van der Waals surface area contributed by atoms with E-state index < -0.39 is 5.60 Å². The zero-order valence-electron chi connectivity index (χ0n) is 7.20. The van der Waals surface area contributed by atoms with Crippen molar-refractivity contribution in [3.8, 4) is 5.75 Å². The van der Waals surface area contributed by atoms with E-state index in [0.717, 1.165) is 11.1 Å². The molecule has 0 aromatic heterocycles. The van der Waals surface area contributed by atoms with Gasteiger partial charge in [-0.2, -0.15) is 0 Å². The van der Waals surface area contributed by atoms with Gasteiger partial charge in [0.15, 0.2) is 0 Å². The molecule has 1 atom stereocenters. The van der Waals surface area contributed by atoms with Crippen LogP contribution in [0.25, 0.3) is 0 Å². The van der Waals surface area contributed by atoms with Crippen molar-refractivity contribution in [2.45, 2.75) is 18.4 Å². The lowest BCUT2D eigenvalue weighted by Gasteiger charge is -2.20. The van der Waals surface area contributed by atoms with Crippen LogP contribution in [-0.2, 0) is 12.0 Å². The van der Waals surface area contributed by atoms with Crippen LogP contribution in [0.4, 0.5) is 0 Å². The first-order chi connectivity index (χ1) is 6.15. The molecular weight excluding hydrogens is 168 g/mol. The smallest absolute Gasteiger partial charge is 0.115 e. The number of aliphatic hydroxyl groups excluding tert-OH is 1. The van der Waals surface area contributed by atoms with E-state index >= 15 is 0 Å². The third kappa shape index (κ3) is 1.20. The highest BCUT2D eigenvalue weighted by molar-refractivity contribution is 5.42. The first-order valence-corrected chi connectivity index (χ1v) is 4.31. The van der Waals surface area contributed by atoms with E-state index in [1.807, 2.05) is 0 Å². The van der Waals surface area contributed by atoms with E-state index in [1.54, 1.807) is 12.1 Å². The predicted molar refractivity (Wildman–Crippen MR) is 47.4 cm³/mol. The average molecular weight is 180 g/mol. The summed E-state index contributed by atoms with van der Waals surface area (Å²) in [6.07, 6.45) is 1.24. The summed E-state index contributed by atoms with van der Waals surface area (Å²) in [6.45, 7) is -0.259. The molecule has 70 valence electrons. The third-order valence-electron chi connectivity index (χ3n) is 2.66. The van der Waals surface area contributed by atoms with Crippen LogP contribution in [0.5, 0.6) is 5.75 Å². The summed E-state index contributed by atoms with van der Waals surface area (Å²) in [7, 11) is 0. The summed E-state index contributed by atoms with van der Waals surface area (Å²) in [5.41, 5.74) is 0.576. The highest BCUT2D eigenvalue weighted by atomic mass is 16.3. The maximum atomic E-state index is 9.91. The average Bonchev–Trinajstić information content (AvgIpc) is 2.45. The fraction of sp³-hybridized carbons (Fsp3) is 0.400. The van der Waals surface area contributed by atoms with E-state index in [1.165, 1.54) is 6.07 Å². The normalized spacial score (nSPS) is 26.0. The van der Waals surface area contributed by atoms with Crippen LogP contribution in [0, 0.1) is 0 Å². The summed E-state index contributed by atoms with van der Waals surface area (Å²) < 4.78 is 0. The van der Waals surface area contributed by atoms with Gasteiger partial charge in [-0.1, -0.05) is 6.07 Å². The SMILES string of the molecule is OCC1(O)CCc2cc(O)ccc21. The molecule has 3 heteroatoms. The standard InChI is InChI=1S/C10H12O3/c11-6-10(13)4-3-7-5-8(12)1-2-9(7)10/h1-2,5,11-13H,3-4,6H2. The molecule has 0 saturated heterocycles. The fourth-order valence-corrected chi connectivity index (χ4v) is 1.88. The lowest BCUT2D eigenvalue weighted by molar-refractivity contribution is -0.0172. The molecule has 0 aliphatic heterocycles. The highest BCUT2D eigenvalue weighted by Crippen LogP contribution is 2.37. The van der Waals surface area contributed by atoms with Crippen molar-refractivity contribution in [3.63, 3.8) is 0 Å². The van der Waals surface area contributed by atoms with Gasteiger partial charge in [0.2, 0.25) is 0 Å². The number of aliphatic hydroxyl groups is 2. The molecule has 1 unspecified atom stereocenters. The lowest BCUT2D eigenvalue weighted by atomic mass is 9.97. The molecule has 2 rings (SSSR count). The Balaban J connectivity index is 2.49. The minimum atomic E-state index is -1.09.